The summed E-state index contributed by atoms with van der Waals surface area (Å²) in [6, 6.07) is 4.84. The van der Waals surface area contributed by atoms with Gasteiger partial charge in [-0.15, -0.1) is 11.6 Å². The number of imidazole rings is 1. The number of nitrogens with zero attached hydrogens (tertiary/aromatic N) is 2. The molecule has 7 nitrogen and oxygen atoms in total. The third kappa shape index (κ3) is 2.72. The molecule has 2 aromatic rings. The number of imide groups is 1. The number of rotatable bonds is 4. The summed E-state index contributed by atoms with van der Waals surface area (Å²) in [5.41, 5.74) is 1.97. The molecule has 1 fully saturated rings. The van der Waals surface area contributed by atoms with Crippen molar-refractivity contribution in [2.45, 2.75) is 18.9 Å². The molecule has 8 heteroatoms. The zero-order valence-electron chi connectivity index (χ0n) is 12.6. The van der Waals surface area contributed by atoms with Crippen molar-refractivity contribution in [3.8, 4) is 0 Å². The number of aromatic nitrogens is 2. The SMILES string of the molecule is Cn1c(=O)n(C2CCC(=O)NC2=O)c2ccc(NCCCl)cc21. The molecule has 2 N–H and O–H groups in total. The largest absolute Gasteiger partial charge is 0.384 e. The van der Waals surface area contributed by atoms with Crippen molar-refractivity contribution >= 4 is 40.1 Å². The molecule has 0 radical (unpaired) electrons. The van der Waals surface area contributed by atoms with Crippen LogP contribution in [0.5, 0.6) is 0 Å². The van der Waals surface area contributed by atoms with Gasteiger partial charge in [0, 0.05) is 31.6 Å². The number of fused-ring (bicyclic) bond motifs is 1. The number of halogens is 1. The molecule has 2 amide bonds. The van der Waals surface area contributed by atoms with E-state index in [1.165, 1.54) is 9.13 Å². The fourth-order valence-corrected chi connectivity index (χ4v) is 2.99. The fraction of sp³-hybridized carbons (Fsp3) is 0.400. The van der Waals surface area contributed by atoms with Crippen molar-refractivity contribution in [1.29, 1.82) is 0 Å². The third-order valence-electron chi connectivity index (χ3n) is 4.03. The van der Waals surface area contributed by atoms with E-state index in [1.54, 1.807) is 13.1 Å². The Morgan fingerprint density at radius 1 is 1.30 bits per heavy atom. The van der Waals surface area contributed by atoms with Crippen LogP contribution in [0.25, 0.3) is 11.0 Å². The van der Waals surface area contributed by atoms with Gasteiger partial charge in [-0.05, 0) is 24.6 Å². The summed E-state index contributed by atoms with van der Waals surface area (Å²) in [6.07, 6.45) is 0.560. The first-order valence-electron chi connectivity index (χ1n) is 7.37. The Morgan fingerprint density at radius 2 is 2.09 bits per heavy atom. The Labute approximate surface area is 137 Å². The van der Waals surface area contributed by atoms with E-state index in [2.05, 4.69) is 10.6 Å². The lowest BCUT2D eigenvalue weighted by Crippen LogP contribution is -2.44. The minimum Gasteiger partial charge on any atom is -0.384 e. The van der Waals surface area contributed by atoms with E-state index in [0.717, 1.165) is 11.2 Å². The minimum absolute atomic E-state index is 0.231. The highest BCUT2D eigenvalue weighted by molar-refractivity contribution is 6.18. The normalized spacial score (nSPS) is 18.3. The standard InChI is InChI=1S/C15H17ClN4O3/c1-19-12-8-9(17-7-6-16)2-3-10(12)20(15(19)23)11-4-5-13(21)18-14(11)22/h2-3,8,11,17H,4-7H2,1H3,(H,18,21,22). The number of hydrogen-bond acceptors (Lipinski definition) is 4. The van der Waals surface area contributed by atoms with Gasteiger partial charge in [0.15, 0.2) is 0 Å². The van der Waals surface area contributed by atoms with Gasteiger partial charge in [0.25, 0.3) is 0 Å². The van der Waals surface area contributed by atoms with Crippen LogP contribution >= 0.6 is 11.6 Å². The summed E-state index contributed by atoms with van der Waals surface area (Å²) in [5.74, 6) is -0.249. The van der Waals surface area contributed by atoms with Crippen LogP contribution in [0.2, 0.25) is 0 Å². The minimum atomic E-state index is -0.662. The van der Waals surface area contributed by atoms with Crippen LogP contribution in [0, 0.1) is 0 Å². The number of hydrogen-bond donors (Lipinski definition) is 2. The molecule has 1 unspecified atom stereocenters. The molecule has 1 aromatic carbocycles. The average Bonchev–Trinajstić information content (AvgIpc) is 2.77. The maximum atomic E-state index is 12.6. The third-order valence-corrected chi connectivity index (χ3v) is 4.22. The molecule has 0 spiro atoms. The Hall–Kier alpha value is -2.28. The molecule has 1 atom stereocenters. The summed E-state index contributed by atoms with van der Waals surface area (Å²) in [5, 5.41) is 5.45. The molecular weight excluding hydrogens is 320 g/mol. The molecule has 0 bridgehead atoms. The first-order chi connectivity index (χ1) is 11.0. The predicted molar refractivity (Wildman–Crippen MR) is 87.8 cm³/mol. The van der Waals surface area contributed by atoms with E-state index in [0.29, 0.717) is 24.4 Å². The summed E-state index contributed by atoms with van der Waals surface area (Å²) >= 11 is 5.67. The fourth-order valence-electron chi connectivity index (χ4n) is 2.89. The highest BCUT2D eigenvalue weighted by Crippen LogP contribution is 2.24. The lowest BCUT2D eigenvalue weighted by Gasteiger charge is -2.21. The van der Waals surface area contributed by atoms with E-state index in [-0.39, 0.29) is 18.0 Å². The lowest BCUT2D eigenvalue weighted by atomic mass is 10.1. The van der Waals surface area contributed by atoms with E-state index in [9.17, 15) is 14.4 Å². The van der Waals surface area contributed by atoms with Gasteiger partial charge in [-0.25, -0.2) is 4.79 Å². The van der Waals surface area contributed by atoms with Crippen molar-refractivity contribution in [2.75, 3.05) is 17.7 Å². The van der Waals surface area contributed by atoms with Crippen LogP contribution in [0.15, 0.2) is 23.0 Å². The van der Waals surface area contributed by atoms with E-state index < -0.39 is 11.9 Å². The van der Waals surface area contributed by atoms with Gasteiger partial charge in [-0.1, -0.05) is 0 Å². The van der Waals surface area contributed by atoms with Crippen LogP contribution < -0.4 is 16.3 Å². The average molecular weight is 337 g/mol. The van der Waals surface area contributed by atoms with E-state index in [4.69, 9.17) is 11.6 Å². The quantitative estimate of drug-likeness (QED) is 0.643. The first-order valence-corrected chi connectivity index (χ1v) is 7.91. The summed E-state index contributed by atoms with van der Waals surface area (Å²) in [4.78, 5) is 36.0. The number of carbonyl (C=O) groups is 2. The number of anilines is 1. The molecule has 0 saturated carbocycles. The van der Waals surface area contributed by atoms with Crippen LogP contribution in [0.3, 0.4) is 0 Å². The van der Waals surface area contributed by atoms with Crippen molar-refractivity contribution in [2.24, 2.45) is 7.05 Å². The summed E-state index contributed by atoms with van der Waals surface area (Å²) in [7, 11) is 1.67. The number of benzene rings is 1. The maximum Gasteiger partial charge on any atom is 0.329 e. The number of nitrogens with one attached hydrogen (secondary N) is 2. The second-order valence-electron chi connectivity index (χ2n) is 5.50. The number of amides is 2. The van der Waals surface area contributed by atoms with Crippen LogP contribution in [0.4, 0.5) is 5.69 Å². The van der Waals surface area contributed by atoms with Gasteiger partial charge in [-0.3, -0.25) is 24.0 Å². The highest BCUT2D eigenvalue weighted by atomic mass is 35.5. The molecule has 122 valence electrons. The van der Waals surface area contributed by atoms with E-state index >= 15 is 0 Å². The van der Waals surface area contributed by atoms with Gasteiger partial charge < -0.3 is 5.32 Å². The van der Waals surface area contributed by atoms with Gasteiger partial charge in [0.2, 0.25) is 11.8 Å². The van der Waals surface area contributed by atoms with Crippen molar-refractivity contribution in [3.63, 3.8) is 0 Å². The van der Waals surface area contributed by atoms with Crippen LogP contribution in [-0.2, 0) is 16.6 Å². The molecule has 1 aromatic heterocycles. The number of carbonyl (C=O) groups excluding carboxylic acids is 2. The molecule has 1 saturated heterocycles. The molecule has 23 heavy (non-hydrogen) atoms. The topological polar surface area (TPSA) is 85.1 Å². The molecular formula is C15H17ClN4O3. The Bertz CT molecular complexity index is 839. The van der Waals surface area contributed by atoms with Crippen molar-refractivity contribution < 1.29 is 9.59 Å². The summed E-state index contributed by atoms with van der Waals surface area (Å²) < 4.78 is 2.97. The summed E-state index contributed by atoms with van der Waals surface area (Å²) in [6.45, 7) is 0.620. The Morgan fingerprint density at radius 3 is 2.78 bits per heavy atom. The van der Waals surface area contributed by atoms with Crippen molar-refractivity contribution in [1.82, 2.24) is 14.5 Å². The van der Waals surface area contributed by atoms with Gasteiger partial charge in [0.1, 0.15) is 6.04 Å². The molecule has 1 aliphatic rings. The molecule has 3 rings (SSSR count). The van der Waals surface area contributed by atoms with Crippen LogP contribution in [0.1, 0.15) is 18.9 Å². The van der Waals surface area contributed by atoms with Gasteiger partial charge in [-0.2, -0.15) is 0 Å². The number of piperidine rings is 1. The zero-order valence-corrected chi connectivity index (χ0v) is 13.4. The molecule has 1 aliphatic heterocycles. The Balaban J connectivity index is 2.07. The predicted octanol–water partition coefficient (Wildman–Crippen LogP) is 0.968. The highest BCUT2D eigenvalue weighted by Gasteiger charge is 2.31. The second kappa shape index (κ2) is 6.08. The smallest absolute Gasteiger partial charge is 0.329 e. The number of alkyl halides is 1. The molecule has 0 aliphatic carbocycles. The van der Waals surface area contributed by atoms with Crippen LogP contribution in [-0.4, -0.2) is 33.4 Å². The lowest BCUT2D eigenvalue weighted by molar-refractivity contribution is -0.135. The van der Waals surface area contributed by atoms with Gasteiger partial charge in [0.05, 0.1) is 11.0 Å². The maximum absolute atomic E-state index is 12.6. The van der Waals surface area contributed by atoms with Crippen molar-refractivity contribution in [3.05, 3.63) is 28.7 Å². The monoisotopic (exact) mass is 336 g/mol. The zero-order chi connectivity index (χ0) is 16.6. The molecule has 2 heterocycles. The van der Waals surface area contributed by atoms with E-state index in [1.807, 2.05) is 12.1 Å². The second-order valence-corrected chi connectivity index (χ2v) is 5.88. The van der Waals surface area contributed by atoms with Gasteiger partial charge >= 0.3 is 5.69 Å². The number of aryl methyl sites for hydroxylation is 1. The first kappa shape index (κ1) is 15.6. The Kier molecular flexibility index (Phi) is 4.12.